The van der Waals surface area contributed by atoms with Crippen LogP contribution in [0.15, 0.2) is 72.9 Å². The average Bonchev–Trinajstić information content (AvgIpc) is 0.971. The SMILES string of the molecule is CCCCCCCC/C=C/C(O)C(CO)NC(C)=O.CCCCCCCCC/C=C/C(O)C(CO)NC(C)=O.CCCCCCCCCC/C=C/C(O)C(CO)NC(C)=O.CCCCCCCCCCC/C=C/C(O)C(CO)NC(C)=O.CCCCCCCCCCCC/C=C/C(O)C(CO)NC(C)=O.CCCCCCCCCCCCC/C=C/C(O)C(CO)NC(C)=O. The smallest absolute Gasteiger partial charge is 0.217 e. The Labute approximate surface area is 787 Å². The minimum absolute atomic E-state index is 0.244. The number of carbonyl (C=O) groups excluding carboxylic acids is 6. The number of aliphatic hydroxyl groups excluding tert-OH is 12. The molecule has 0 saturated carbocycles. The van der Waals surface area contributed by atoms with Gasteiger partial charge in [0.15, 0.2) is 0 Å². The lowest BCUT2D eigenvalue weighted by molar-refractivity contribution is -0.121. The number of amides is 6. The first-order chi connectivity index (χ1) is 62.2. The van der Waals surface area contributed by atoms with Crippen LogP contribution in [0.2, 0.25) is 0 Å². The van der Waals surface area contributed by atoms with Gasteiger partial charge >= 0.3 is 0 Å². The topological polar surface area (TPSA) is 417 Å². The summed E-state index contributed by atoms with van der Waals surface area (Å²) < 4.78 is 0. The average molecular weight is 1840 g/mol. The molecule has 0 heterocycles. The zero-order chi connectivity index (χ0) is 97.7. The highest BCUT2D eigenvalue weighted by Crippen LogP contribution is 2.18. The summed E-state index contributed by atoms with van der Waals surface area (Å²) in [6, 6.07) is -3.68. The molecule has 24 nitrogen and oxygen atoms in total. The Morgan fingerprint density at radius 3 is 0.357 bits per heavy atom. The van der Waals surface area contributed by atoms with Crippen molar-refractivity contribution < 1.29 is 90.0 Å². The third-order valence-corrected chi connectivity index (χ3v) is 22.1. The molecule has 0 saturated heterocycles. The highest BCUT2D eigenvalue weighted by Gasteiger charge is 2.21. The van der Waals surface area contributed by atoms with Gasteiger partial charge in [-0.25, -0.2) is 0 Å². The van der Waals surface area contributed by atoms with Gasteiger partial charge in [0.1, 0.15) is 0 Å². The lowest BCUT2D eigenvalue weighted by atomic mass is 10.0. The largest absolute Gasteiger partial charge is 0.394 e. The summed E-state index contributed by atoms with van der Waals surface area (Å²) >= 11 is 0. The van der Waals surface area contributed by atoms with E-state index < -0.39 is 72.9 Å². The molecule has 12 atom stereocenters. The maximum absolute atomic E-state index is 10.9. The monoisotopic (exact) mass is 1840 g/mol. The standard InChI is InChI=1S/C20H39NO3.C19H37NO3.C18H35NO3.C17H33NO3.C16H31NO3.C15H29NO3/c1-3-4-5-6-7-8-9-10-11-12-13-14-15-16-20(24)19(17-22)21-18(2)23;1-3-4-5-6-7-8-9-10-11-12-13-14-15-19(23)18(16-21)20-17(2)22;1-3-4-5-6-7-8-9-10-11-12-13-14-18(22)17(15-20)19-16(2)21;1-3-4-5-6-7-8-9-10-11-12-13-17(21)16(14-19)18-15(2)20;1-3-4-5-6-7-8-9-10-11-12-16(20)15(13-18)17-14(2)19;1-3-4-5-6-7-8-9-10-11-15(19)14(12-17)16-13(2)18/h15-16,19-20,22,24H,3-14,17H2,1-2H3,(H,21,23);14-15,18-19,21,23H,3-13,16H2,1-2H3,(H,20,22);13-14,17-18,20,22H,3-12,15H2,1-2H3,(H,19,21);12-13,16-17,19,21H,3-11,14H2,1-2H3,(H,18,20);11-12,15-16,18,20H,3-10,13H2,1-2H3,(H,17,19);10-11,14-15,17,19H,3-9,12H2,1-2H3,(H,16,18)/b16-15+;15-14+;14-13+;13-12+;12-11+;11-10+. The predicted molar refractivity (Wildman–Crippen MR) is 536 cm³/mol. The zero-order valence-corrected chi connectivity index (χ0v) is 84.2. The van der Waals surface area contributed by atoms with Crippen molar-refractivity contribution in [3.8, 4) is 0 Å². The third kappa shape index (κ3) is 106. The van der Waals surface area contributed by atoms with Crippen LogP contribution in [0.25, 0.3) is 0 Å². The van der Waals surface area contributed by atoms with Crippen LogP contribution >= 0.6 is 0 Å². The van der Waals surface area contributed by atoms with E-state index in [9.17, 15) is 59.4 Å². The van der Waals surface area contributed by atoms with Gasteiger partial charge in [0.05, 0.1) is 113 Å². The molecule has 0 bridgehead atoms. The molecule has 0 aromatic rings. The molecule has 18 N–H and O–H groups in total. The first kappa shape index (κ1) is 135. The molecule has 129 heavy (non-hydrogen) atoms. The Morgan fingerprint density at radius 1 is 0.178 bits per heavy atom. The molecule has 0 aliphatic rings. The Morgan fingerprint density at radius 2 is 0.271 bits per heavy atom. The fraction of sp³-hybridized carbons (Fsp3) is 0.829. The molecule has 0 spiro atoms. The first-order valence-corrected chi connectivity index (χ1v) is 51.5. The lowest BCUT2D eigenvalue weighted by Gasteiger charge is -2.18. The first-order valence-electron chi connectivity index (χ1n) is 51.5. The second-order valence-corrected chi connectivity index (χ2v) is 35.1. The second kappa shape index (κ2) is 108. The van der Waals surface area contributed by atoms with Crippen molar-refractivity contribution in [2.24, 2.45) is 0 Å². The Balaban J connectivity index is -0.000000352. The van der Waals surface area contributed by atoms with E-state index in [2.05, 4.69) is 73.4 Å². The number of hydrogen-bond donors (Lipinski definition) is 18. The van der Waals surface area contributed by atoms with Crippen LogP contribution in [-0.2, 0) is 28.8 Å². The van der Waals surface area contributed by atoms with Crippen molar-refractivity contribution >= 4 is 35.4 Å². The molecule has 0 aromatic heterocycles. The number of unbranched alkanes of at least 4 members (excludes halogenated alkanes) is 51. The highest BCUT2D eigenvalue weighted by atomic mass is 16.3. The van der Waals surface area contributed by atoms with Crippen molar-refractivity contribution in [2.75, 3.05) is 39.6 Å². The lowest BCUT2D eigenvalue weighted by Crippen LogP contribution is -2.44. The minimum Gasteiger partial charge on any atom is -0.394 e. The number of carbonyl (C=O) groups is 6. The van der Waals surface area contributed by atoms with Crippen LogP contribution in [-0.4, -0.2) is 209 Å². The Hall–Kier alpha value is -5.22. The summed E-state index contributed by atoms with van der Waals surface area (Å²) in [6.45, 7) is 20.1. The van der Waals surface area contributed by atoms with Crippen LogP contribution < -0.4 is 31.9 Å². The minimum atomic E-state index is -0.827. The molecule has 762 valence electrons. The van der Waals surface area contributed by atoms with E-state index in [4.69, 9.17) is 30.6 Å². The highest BCUT2D eigenvalue weighted by molar-refractivity contribution is 5.75. The van der Waals surface area contributed by atoms with Gasteiger partial charge in [-0.2, -0.15) is 0 Å². The van der Waals surface area contributed by atoms with E-state index in [1.807, 2.05) is 36.5 Å². The summed E-state index contributed by atoms with van der Waals surface area (Å²) in [6.07, 6.45) is 88.4. The second-order valence-electron chi connectivity index (χ2n) is 35.1. The molecule has 12 unspecified atom stereocenters. The maximum Gasteiger partial charge on any atom is 0.217 e. The fourth-order valence-electron chi connectivity index (χ4n) is 14.1. The number of nitrogens with one attached hydrogen (secondary N) is 6. The van der Waals surface area contributed by atoms with E-state index >= 15 is 0 Å². The number of allylic oxidation sites excluding steroid dienone is 6. The third-order valence-electron chi connectivity index (χ3n) is 22.1. The van der Waals surface area contributed by atoms with Gasteiger partial charge in [-0.05, 0) is 77.0 Å². The molecule has 0 aliphatic heterocycles. The van der Waals surface area contributed by atoms with E-state index in [1.54, 1.807) is 36.5 Å². The van der Waals surface area contributed by atoms with Crippen molar-refractivity contribution in [3.05, 3.63) is 72.9 Å². The van der Waals surface area contributed by atoms with Gasteiger partial charge in [0, 0.05) is 41.5 Å². The van der Waals surface area contributed by atoms with Crippen molar-refractivity contribution in [2.45, 2.75) is 522 Å². The van der Waals surface area contributed by atoms with Gasteiger partial charge in [0.25, 0.3) is 0 Å². The van der Waals surface area contributed by atoms with E-state index in [0.29, 0.717) is 0 Å². The van der Waals surface area contributed by atoms with Gasteiger partial charge in [-0.15, -0.1) is 0 Å². The summed E-state index contributed by atoms with van der Waals surface area (Å²) in [7, 11) is 0. The van der Waals surface area contributed by atoms with Crippen molar-refractivity contribution in [1.82, 2.24) is 31.9 Å². The van der Waals surface area contributed by atoms with Crippen LogP contribution in [0.1, 0.15) is 449 Å². The van der Waals surface area contributed by atoms with Crippen LogP contribution in [0, 0.1) is 0 Å². The zero-order valence-electron chi connectivity index (χ0n) is 84.2. The number of hydrogen-bond acceptors (Lipinski definition) is 18. The predicted octanol–water partition coefficient (Wildman–Crippen LogP) is 18.8. The molecular formula is C105H204N6O18. The summed E-state index contributed by atoms with van der Waals surface area (Å²) in [4.78, 5) is 65.5. The quantitative estimate of drug-likeness (QED) is 0.0199. The molecule has 24 heteroatoms. The van der Waals surface area contributed by atoms with Crippen LogP contribution in [0.4, 0.5) is 0 Å². The maximum atomic E-state index is 10.9. The van der Waals surface area contributed by atoms with Crippen molar-refractivity contribution in [1.29, 1.82) is 0 Å². The Bertz CT molecular complexity index is 2600. The van der Waals surface area contributed by atoms with E-state index in [0.717, 1.165) is 77.0 Å². The normalized spacial score (nSPS) is 14.2. The molecule has 0 aromatic carbocycles. The van der Waals surface area contributed by atoms with Gasteiger partial charge in [-0.3, -0.25) is 28.8 Å². The van der Waals surface area contributed by atoms with Gasteiger partial charge in [-0.1, -0.05) is 403 Å². The van der Waals surface area contributed by atoms with Crippen molar-refractivity contribution in [3.63, 3.8) is 0 Å². The molecule has 0 rings (SSSR count). The number of rotatable bonds is 81. The summed E-state index contributed by atoms with van der Waals surface area (Å²) in [5.74, 6) is -1.47. The molecule has 0 fully saturated rings. The molecule has 0 radical (unpaired) electrons. The Kier molecular flexibility index (Phi) is 113. The van der Waals surface area contributed by atoms with Gasteiger partial charge < -0.3 is 93.2 Å². The van der Waals surface area contributed by atoms with E-state index in [-0.39, 0.29) is 75.1 Å². The van der Waals surface area contributed by atoms with E-state index in [1.165, 1.54) is 330 Å². The summed E-state index contributed by atoms with van der Waals surface area (Å²) in [5.41, 5.74) is 0. The fourth-order valence-corrected chi connectivity index (χ4v) is 14.1. The van der Waals surface area contributed by atoms with Crippen LogP contribution in [0.5, 0.6) is 0 Å². The molecule has 6 amide bonds. The summed E-state index contributed by atoms with van der Waals surface area (Å²) in [5, 5.41) is 129. The van der Waals surface area contributed by atoms with Crippen LogP contribution in [0.3, 0.4) is 0 Å². The molecule has 0 aliphatic carbocycles. The van der Waals surface area contributed by atoms with Gasteiger partial charge in [0.2, 0.25) is 35.4 Å². The molecular weight excluding hydrogens is 1630 g/mol. The number of aliphatic hydroxyl groups is 12.